The van der Waals surface area contributed by atoms with Crippen LogP contribution in [0.15, 0.2) is 47.1 Å². The highest BCUT2D eigenvalue weighted by Crippen LogP contribution is 2.38. The molecule has 0 atom stereocenters. The van der Waals surface area contributed by atoms with Gasteiger partial charge < -0.3 is 9.73 Å². The van der Waals surface area contributed by atoms with E-state index in [0.717, 1.165) is 18.8 Å². The van der Waals surface area contributed by atoms with Gasteiger partial charge in [0.05, 0.1) is 12.8 Å². The van der Waals surface area contributed by atoms with Gasteiger partial charge in [-0.05, 0) is 52.9 Å². The van der Waals surface area contributed by atoms with Crippen LogP contribution in [0.1, 0.15) is 23.8 Å². The standard InChI is InChI=1S/C19H19NO/c1-2-20-12-18-16(10-11-21-18)15-9-8-14-7-6-13-4-3-5-17(15)19(13)14/h3-5,8-11,20H,2,6-7,12H2,1H3. The van der Waals surface area contributed by atoms with Gasteiger partial charge in [-0.2, -0.15) is 0 Å². The molecule has 0 radical (unpaired) electrons. The molecule has 0 spiro atoms. The second kappa shape index (κ2) is 5.05. The first kappa shape index (κ1) is 12.7. The Morgan fingerprint density at radius 1 is 1.00 bits per heavy atom. The molecule has 4 rings (SSSR count). The van der Waals surface area contributed by atoms with E-state index in [1.807, 2.05) is 0 Å². The smallest absolute Gasteiger partial charge is 0.125 e. The Bertz CT molecular complexity index is 790. The predicted octanol–water partition coefficient (Wildman–Crippen LogP) is 4.31. The lowest BCUT2D eigenvalue weighted by Crippen LogP contribution is -2.11. The van der Waals surface area contributed by atoms with E-state index < -0.39 is 0 Å². The minimum Gasteiger partial charge on any atom is -0.467 e. The summed E-state index contributed by atoms with van der Waals surface area (Å²) in [6, 6.07) is 13.3. The summed E-state index contributed by atoms with van der Waals surface area (Å²) >= 11 is 0. The molecule has 21 heavy (non-hydrogen) atoms. The molecule has 0 saturated heterocycles. The number of rotatable bonds is 4. The average molecular weight is 277 g/mol. The molecule has 0 aliphatic heterocycles. The fourth-order valence-corrected chi connectivity index (χ4v) is 3.44. The molecule has 0 amide bonds. The molecule has 1 heterocycles. The zero-order chi connectivity index (χ0) is 14.2. The van der Waals surface area contributed by atoms with Crippen LogP contribution >= 0.6 is 0 Å². The molecule has 1 aliphatic rings. The summed E-state index contributed by atoms with van der Waals surface area (Å²) < 4.78 is 5.68. The number of hydrogen-bond donors (Lipinski definition) is 1. The second-order valence-electron chi connectivity index (χ2n) is 5.65. The Morgan fingerprint density at radius 2 is 1.86 bits per heavy atom. The van der Waals surface area contributed by atoms with Crippen LogP contribution in [0.25, 0.3) is 21.9 Å². The zero-order valence-electron chi connectivity index (χ0n) is 12.3. The van der Waals surface area contributed by atoms with Gasteiger partial charge in [-0.1, -0.05) is 37.3 Å². The molecule has 2 nitrogen and oxygen atoms in total. The first-order valence-electron chi connectivity index (χ1n) is 7.69. The molecule has 106 valence electrons. The minimum atomic E-state index is 0.780. The summed E-state index contributed by atoms with van der Waals surface area (Å²) in [5, 5.41) is 6.18. The van der Waals surface area contributed by atoms with E-state index in [0.29, 0.717) is 0 Å². The first-order chi connectivity index (χ1) is 10.4. The van der Waals surface area contributed by atoms with Crippen LogP contribution < -0.4 is 5.32 Å². The molecule has 2 aromatic carbocycles. The van der Waals surface area contributed by atoms with Crippen LogP contribution in [0.3, 0.4) is 0 Å². The van der Waals surface area contributed by atoms with Gasteiger partial charge in [0.25, 0.3) is 0 Å². The van der Waals surface area contributed by atoms with Crippen molar-refractivity contribution in [3.8, 4) is 11.1 Å². The van der Waals surface area contributed by atoms with E-state index in [4.69, 9.17) is 4.42 Å². The third-order valence-corrected chi connectivity index (χ3v) is 4.45. The Morgan fingerprint density at radius 3 is 2.71 bits per heavy atom. The van der Waals surface area contributed by atoms with Crippen molar-refractivity contribution in [2.75, 3.05) is 6.54 Å². The molecule has 1 aliphatic carbocycles. The van der Waals surface area contributed by atoms with E-state index in [2.05, 4.69) is 48.6 Å². The molecular weight excluding hydrogens is 258 g/mol. The maximum Gasteiger partial charge on any atom is 0.125 e. The van der Waals surface area contributed by atoms with E-state index in [9.17, 15) is 0 Å². The summed E-state index contributed by atoms with van der Waals surface area (Å²) in [5.74, 6) is 1.02. The van der Waals surface area contributed by atoms with Crippen molar-refractivity contribution in [2.45, 2.75) is 26.3 Å². The molecule has 0 bridgehead atoms. The van der Waals surface area contributed by atoms with Crippen LogP contribution in [0, 0.1) is 0 Å². The van der Waals surface area contributed by atoms with Crippen molar-refractivity contribution in [1.82, 2.24) is 5.32 Å². The van der Waals surface area contributed by atoms with E-state index in [1.165, 1.54) is 45.9 Å². The lowest BCUT2D eigenvalue weighted by molar-refractivity contribution is 0.489. The van der Waals surface area contributed by atoms with Crippen LogP contribution in [-0.2, 0) is 19.4 Å². The van der Waals surface area contributed by atoms with E-state index in [1.54, 1.807) is 6.26 Å². The Balaban J connectivity index is 1.91. The number of aryl methyl sites for hydroxylation is 2. The third-order valence-electron chi connectivity index (χ3n) is 4.45. The van der Waals surface area contributed by atoms with Crippen molar-refractivity contribution in [3.63, 3.8) is 0 Å². The van der Waals surface area contributed by atoms with E-state index >= 15 is 0 Å². The molecule has 1 aromatic heterocycles. The first-order valence-corrected chi connectivity index (χ1v) is 7.69. The van der Waals surface area contributed by atoms with Gasteiger partial charge in [-0.15, -0.1) is 0 Å². The highest BCUT2D eigenvalue weighted by molar-refractivity contribution is 6.01. The van der Waals surface area contributed by atoms with Crippen molar-refractivity contribution in [1.29, 1.82) is 0 Å². The van der Waals surface area contributed by atoms with Gasteiger partial charge in [-0.3, -0.25) is 0 Å². The monoisotopic (exact) mass is 277 g/mol. The third kappa shape index (κ3) is 1.98. The SMILES string of the molecule is CCNCc1occc1-c1ccc2c3c(cccc13)CC2. The Kier molecular flexibility index (Phi) is 3.04. The normalized spacial score (nSPS) is 13.2. The largest absolute Gasteiger partial charge is 0.467 e. The molecule has 3 aromatic rings. The molecular formula is C19H19NO. The lowest BCUT2D eigenvalue weighted by atomic mass is 9.95. The highest BCUT2D eigenvalue weighted by atomic mass is 16.3. The van der Waals surface area contributed by atoms with Crippen LogP contribution in [0.2, 0.25) is 0 Å². The molecule has 2 heteroatoms. The zero-order valence-corrected chi connectivity index (χ0v) is 12.3. The maximum absolute atomic E-state index is 5.68. The minimum absolute atomic E-state index is 0.780. The summed E-state index contributed by atoms with van der Waals surface area (Å²) in [6.07, 6.45) is 4.14. The van der Waals surface area contributed by atoms with Gasteiger partial charge in [0.1, 0.15) is 5.76 Å². The lowest BCUT2D eigenvalue weighted by Gasteiger charge is -2.09. The fourth-order valence-electron chi connectivity index (χ4n) is 3.44. The summed E-state index contributed by atoms with van der Waals surface area (Å²) in [7, 11) is 0. The van der Waals surface area contributed by atoms with Gasteiger partial charge >= 0.3 is 0 Å². The Hall–Kier alpha value is -2.06. The van der Waals surface area contributed by atoms with Crippen LogP contribution in [0.4, 0.5) is 0 Å². The van der Waals surface area contributed by atoms with E-state index in [-0.39, 0.29) is 0 Å². The topological polar surface area (TPSA) is 25.2 Å². The van der Waals surface area contributed by atoms with Crippen molar-refractivity contribution >= 4 is 10.8 Å². The quantitative estimate of drug-likeness (QED) is 0.769. The van der Waals surface area contributed by atoms with Gasteiger partial charge in [0.2, 0.25) is 0 Å². The van der Waals surface area contributed by atoms with Crippen LogP contribution in [-0.4, -0.2) is 6.54 Å². The predicted molar refractivity (Wildman–Crippen MR) is 86.4 cm³/mol. The number of furan rings is 1. The summed E-state index contributed by atoms with van der Waals surface area (Å²) in [6.45, 7) is 3.84. The van der Waals surface area contributed by atoms with Gasteiger partial charge in [0, 0.05) is 5.56 Å². The number of nitrogens with one attached hydrogen (secondary N) is 1. The molecule has 0 fully saturated rings. The Labute approximate surface area is 124 Å². The second-order valence-corrected chi connectivity index (χ2v) is 5.65. The van der Waals surface area contributed by atoms with Crippen molar-refractivity contribution < 1.29 is 4.42 Å². The average Bonchev–Trinajstić information content (AvgIpc) is 3.14. The maximum atomic E-state index is 5.68. The summed E-state index contributed by atoms with van der Waals surface area (Å²) in [5.41, 5.74) is 5.48. The number of benzene rings is 2. The fraction of sp³-hybridized carbons (Fsp3) is 0.263. The molecule has 0 unspecified atom stereocenters. The van der Waals surface area contributed by atoms with Crippen molar-refractivity contribution in [3.05, 3.63) is 59.5 Å². The molecule has 1 N–H and O–H groups in total. The van der Waals surface area contributed by atoms with Crippen molar-refractivity contribution in [2.24, 2.45) is 0 Å². The highest BCUT2D eigenvalue weighted by Gasteiger charge is 2.18. The van der Waals surface area contributed by atoms with Gasteiger partial charge in [0.15, 0.2) is 0 Å². The van der Waals surface area contributed by atoms with Crippen LogP contribution in [0.5, 0.6) is 0 Å². The summed E-state index contributed by atoms with van der Waals surface area (Å²) in [4.78, 5) is 0. The molecule has 0 saturated carbocycles. The van der Waals surface area contributed by atoms with Gasteiger partial charge in [-0.25, -0.2) is 0 Å². The number of hydrogen-bond acceptors (Lipinski definition) is 2.